The molecule has 0 saturated heterocycles. The molecule has 2 rings (SSSR count). The Labute approximate surface area is 120 Å². The first-order valence-corrected chi connectivity index (χ1v) is 7.29. The first-order chi connectivity index (χ1) is 9.48. The van der Waals surface area contributed by atoms with Gasteiger partial charge in [-0.25, -0.2) is 0 Å². The molecule has 1 fully saturated rings. The van der Waals surface area contributed by atoms with Crippen molar-refractivity contribution in [1.82, 2.24) is 4.90 Å². The van der Waals surface area contributed by atoms with Crippen LogP contribution in [0.2, 0.25) is 0 Å². The summed E-state index contributed by atoms with van der Waals surface area (Å²) in [7, 11) is 1.78. The molecule has 1 aromatic rings. The van der Waals surface area contributed by atoms with Gasteiger partial charge in [0.25, 0.3) is 0 Å². The molecule has 0 bridgehead atoms. The van der Waals surface area contributed by atoms with Crippen molar-refractivity contribution in [1.29, 1.82) is 0 Å². The Kier molecular flexibility index (Phi) is 4.65. The second-order valence-electron chi connectivity index (χ2n) is 5.93. The minimum absolute atomic E-state index is 0.0766. The molecule has 0 spiro atoms. The molecule has 0 aliphatic heterocycles. The molecule has 0 atom stereocenters. The lowest BCUT2D eigenvalue weighted by Crippen LogP contribution is -2.42. The summed E-state index contributed by atoms with van der Waals surface area (Å²) in [6.07, 6.45) is 4.87. The lowest BCUT2D eigenvalue weighted by molar-refractivity contribution is -0.133. The summed E-state index contributed by atoms with van der Waals surface area (Å²) >= 11 is 0. The zero-order valence-corrected chi connectivity index (χ0v) is 12.1. The van der Waals surface area contributed by atoms with E-state index in [0.29, 0.717) is 19.4 Å². The molecule has 0 heterocycles. The van der Waals surface area contributed by atoms with Crippen molar-refractivity contribution in [3.05, 3.63) is 29.8 Å². The summed E-state index contributed by atoms with van der Waals surface area (Å²) in [5, 5.41) is 10.3. The van der Waals surface area contributed by atoms with E-state index in [9.17, 15) is 9.90 Å². The molecule has 1 amide bonds. The number of carbonyl (C=O) groups is 1. The van der Waals surface area contributed by atoms with Crippen LogP contribution in [-0.4, -0.2) is 35.1 Å². The van der Waals surface area contributed by atoms with Crippen LogP contribution in [0.4, 0.5) is 5.69 Å². The van der Waals surface area contributed by atoms with Crippen LogP contribution in [0, 0.1) is 0 Å². The zero-order valence-electron chi connectivity index (χ0n) is 12.1. The Bertz CT molecular complexity index is 467. The molecule has 4 heteroatoms. The molecular weight excluding hydrogens is 252 g/mol. The molecule has 1 aliphatic carbocycles. The second kappa shape index (κ2) is 6.27. The monoisotopic (exact) mass is 276 g/mol. The number of nitrogens with zero attached hydrogens (tertiary/aromatic N) is 1. The van der Waals surface area contributed by atoms with E-state index in [1.54, 1.807) is 11.9 Å². The first kappa shape index (κ1) is 14.9. The summed E-state index contributed by atoms with van der Waals surface area (Å²) < 4.78 is 0. The molecule has 4 nitrogen and oxygen atoms in total. The summed E-state index contributed by atoms with van der Waals surface area (Å²) in [6, 6.07) is 7.62. The third-order valence-corrected chi connectivity index (χ3v) is 4.07. The Balaban J connectivity index is 1.82. The summed E-state index contributed by atoms with van der Waals surface area (Å²) in [5.74, 6) is 0.0766. The van der Waals surface area contributed by atoms with Crippen molar-refractivity contribution in [3.8, 4) is 0 Å². The maximum Gasteiger partial charge on any atom is 0.222 e. The van der Waals surface area contributed by atoms with E-state index >= 15 is 0 Å². The third kappa shape index (κ3) is 3.97. The number of rotatable bonds is 5. The predicted molar refractivity (Wildman–Crippen MR) is 80.2 cm³/mol. The highest BCUT2D eigenvalue weighted by Gasteiger charge is 2.33. The van der Waals surface area contributed by atoms with Gasteiger partial charge in [-0.15, -0.1) is 0 Å². The largest absolute Gasteiger partial charge is 0.399 e. The van der Waals surface area contributed by atoms with Crippen LogP contribution < -0.4 is 5.73 Å². The number of nitrogen functional groups attached to an aromatic ring is 1. The van der Waals surface area contributed by atoms with E-state index < -0.39 is 5.60 Å². The number of aliphatic hydroxyl groups is 1. The maximum absolute atomic E-state index is 12.1. The Morgan fingerprint density at radius 3 is 2.75 bits per heavy atom. The number of hydrogen-bond acceptors (Lipinski definition) is 3. The fourth-order valence-corrected chi connectivity index (χ4v) is 2.91. The first-order valence-electron chi connectivity index (χ1n) is 7.29. The lowest BCUT2D eigenvalue weighted by Gasteiger charge is -2.28. The van der Waals surface area contributed by atoms with E-state index in [-0.39, 0.29) is 5.91 Å². The minimum Gasteiger partial charge on any atom is -0.399 e. The number of nitrogens with two attached hydrogens (primary N) is 1. The number of aryl methyl sites for hydroxylation is 1. The van der Waals surface area contributed by atoms with E-state index in [1.807, 2.05) is 24.3 Å². The number of likely N-dealkylation sites (N-methyl/N-ethyl adjacent to an activating group) is 1. The summed E-state index contributed by atoms with van der Waals surface area (Å²) in [5.41, 5.74) is 6.86. The van der Waals surface area contributed by atoms with Gasteiger partial charge in [0.15, 0.2) is 0 Å². The summed E-state index contributed by atoms with van der Waals surface area (Å²) in [6.45, 7) is 0.447. The van der Waals surface area contributed by atoms with E-state index in [4.69, 9.17) is 5.73 Å². The number of benzene rings is 1. The SMILES string of the molecule is CN(CC1(O)CCCC1)C(=O)CCc1cccc(N)c1. The van der Waals surface area contributed by atoms with Crippen molar-refractivity contribution in [3.63, 3.8) is 0 Å². The molecule has 1 aromatic carbocycles. The van der Waals surface area contributed by atoms with Crippen molar-refractivity contribution < 1.29 is 9.90 Å². The fourth-order valence-electron chi connectivity index (χ4n) is 2.91. The van der Waals surface area contributed by atoms with Gasteiger partial charge in [0.05, 0.1) is 5.60 Å². The molecule has 3 N–H and O–H groups in total. The topological polar surface area (TPSA) is 66.6 Å². The van der Waals surface area contributed by atoms with Gasteiger partial charge in [0.2, 0.25) is 5.91 Å². The predicted octanol–water partition coefficient (Wildman–Crippen LogP) is 1.96. The number of anilines is 1. The molecule has 20 heavy (non-hydrogen) atoms. The van der Waals surface area contributed by atoms with Crippen LogP contribution in [-0.2, 0) is 11.2 Å². The van der Waals surface area contributed by atoms with E-state index in [0.717, 1.165) is 36.9 Å². The van der Waals surface area contributed by atoms with Crippen LogP contribution in [0.25, 0.3) is 0 Å². The van der Waals surface area contributed by atoms with Crippen LogP contribution >= 0.6 is 0 Å². The molecule has 0 radical (unpaired) electrons. The smallest absolute Gasteiger partial charge is 0.222 e. The van der Waals surface area contributed by atoms with Gasteiger partial charge in [-0.2, -0.15) is 0 Å². The minimum atomic E-state index is -0.665. The van der Waals surface area contributed by atoms with Gasteiger partial charge in [-0.1, -0.05) is 25.0 Å². The zero-order chi connectivity index (χ0) is 14.6. The number of hydrogen-bond donors (Lipinski definition) is 2. The van der Waals surface area contributed by atoms with Gasteiger partial charge >= 0.3 is 0 Å². The van der Waals surface area contributed by atoms with Gasteiger partial charge in [0, 0.05) is 25.7 Å². The molecule has 0 unspecified atom stereocenters. The van der Waals surface area contributed by atoms with E-state index in [1.165, 1.54) is 0 Å². The third-order valence-electron chi connectivity index (χ3n) is 4.07. The van der Waals surface area contributed by atoms with Gasteiger partial charge in [-0.05, 0) is 37.0 Å². The Hall–Kier alpha value is -1.55. The Morgan fingerprint density at radius 1 is 1.40 bits per heavy atom. The average Bonchev–Trinajstić information content (AvgIpc) is 2.82. The van der Waals surface area contributed by atoms with Crippen molar-refractivity contribution >= 4 is 11.6 Å². The molecule has 0 aromatic heterocycles. The van der Waals surface area contributed by atoms with Crippen molar-refractivity contribution in [2.75, 3.05) is 19.3 Å². The quantitative estimate of drug-likeness (QED) is 0.808. The van der Waals surface area contributed by atoms with Crippen LogP contribution in [0.1, 0.15) is 37.7 Å². The fraction of sp³-hybridized carbons (Fsp3) is 0.562. The van der Waals surface area contributed by atoms with Crippen LogP contribution in [0.15, 0.2) is 24.3 Å². The standard InChI is InChI=1S/C16H24N2O2/c1-18(12-16(20)9-2-3-10-16)15(19)8-7-13-5-4-6-14(17)11-13/h4-6,11,20H,2-3,7-10,12,17H2,1H3. The van der Waals surface area contributed by atoms with E-state index in [2.05, 4.69) is 0 Å². The van der Waals surface area contributed by atoms with Crippen LogP contribution in [0.5, 0.6) is 0 Å². The normalized spacial score (nSPS) is 17.1. The van der Waals surface area contributed by atoms with Gasteiger partial charge < -0.3 is 15.7 Å². The molecule has 1 aliphatic rings. The lowest BCUT2D eigenvalue weighted by atomic mass is 10.0. The highest BCUT2D eigenvalue weighted by Crippen LogP contribution is 2.30. The summed E-state index contributed by atoms with van der Waals surface area (Å²) in [4.78, 5) is 13.8. The van der Waals surface area contributed by atoms with Gasteiger partial charge in [-0.3, -0.25) is 4.79 Å². The van der Waals surface area contributed by atoms with Crippen molar-refractivity contribution in [2.24, 2.45) is 0 Å². The maximum atomic E-state index is 12.1. The van der Waals surface area contributed by atoms with Crippen LogP contribution in [0.3, 0.4) is 0 Å². The number of carbonyl (C=O) groups excluding carboxylic acids is 1. The highest BCUT2D eigenvalue weighted by molar-refractivity contribution is 5.76. The average molecular weight is 276 g/mol. The molecular formula is C16H24N2O2. The number of amides is 1. The second-order valence-corrected chi connectivity index (χ2v) is 5.93. The molecule has 1 saturated carbocycles. The van der Waals surface area contributed by atoms with Gasteiger partial charge in [0.1, 0.15) is 0 Å². The molecule has 110 valence electrons. The Morgan fingerprint density at radius 2 is 2.10 bits per heavy atom. The van der Waals surface area contributed by atoms with Crippen molar-refractivity contribution in [2.45, 2.75) is 44.1 Å². The highest BCUT2D eigenvalue weighted by atomic mass is 16.3.